The van der Waals surface area contributed by atoms with E-state index in [4.69, 9.17) is 4.74 Å². The zero-order chi connectivity index (χ0) is 28.2. The summed E-state index contributed by atoms with van der Waals surface area (Å²) in [6.45, 7) is 4.64. The van der Waals surface area contributed by atoms with E-state index < -0.39 is 58.7 Å². The van der Waals surface area contributed by atoms with Crippen molar-refractivity contribution in [2.75, 3.05) is 25.0 Å². The Bertz CT molecular complexity index is 1490. The summed E-state index contributed by atoms with van der Waals surface area (Å²) in [6, 6.07) is 6.95. The molecule has 1 unspecified atom stereocenters. The van der Waals surface area contributed by atoms with Gasteiger partial charge in [-0.15, -0.1) is 0 Å². The fourth-order valence-corrected chi connectivity index (χ4v) is 4.92. The summed E-state index contributed by atoms with van der Waals surface area (Å²) in [4.78, 5) is 40.7. The third-order valence-corrected chi connectivity index (χ3v) is 6.51. The number of hydrogen-bond donors (Lipinski definition) is 2. The van der Waals surface area contributed by atoms with Crippen LogP contribution in [0.4, 0.5) is 18.9 Å². The van der Waals surface area contributed by atoms with Crippen molar-refractivity contribution in [3.8, 4) is 5.75 Å². The van der Waals surface area contributed by atoms with Gasteiger partial charge in [-0.3, -0.25) is 19.0 Å². The number of alkyl halides is 3. The van der Waals surface area contributed by atoms with E-state index in [1.807, 2.05) is 4.90 Å². The Labute approximate surface area is 224 Å². The van der Waals surface area contributed by atoms with Crippen LogP contribution in [0.2, 0.25) is 0 Å². The van der Waals surface area contributed by atoms with E-state index in [0.29, 0.717) is 21.2 Å². The van der Waals surface area contributed by atoms with Crippen LogP contribution in [0.25, 0.3) is 10.9 Å². The molecule has 3 aromatic rings. The maximum atomic E-state index is 13.8. The molecular weight excluding hydrogens is 571 g/mol. The third kappa shape index (κ3) is 5.22. The molecule has 2 heterocycles. The lowest BCUT2D eigenvalue weighted by molar-refractivity contribution is -0.153. The normalized spacial score (nSPS) is 15.5. The molecule has 2 N–H and O–H groups in total. The molecule has 2 aromatic carbocycles. The molecule has 0 spiro atoms. The van der Waals surface area contributed by atoms with E-state index in [2.05, 4.69) is 21.2 Å². The van der Waals surface area contributed by atoms with Crippen molar-refractivity contribution in [2.24, 2.45) is 0 Å². The topological polar surface area (TPSA) is 101 Å². The molecule has 0 saturated heterocycles. The maximum absolute atomic E-state index is 13.8. The van der Waals surface area contributed by atoms with Crippen LogP contribution in [0.15, 0.2) is 45.7 Å². The van der Waals surface area contributed by atoms with E-state index in [0.717, 1.165) is 12.1 Å². The molecule has 1 aromatic heterocycles. The summed E-state index contributed by atoms with van der Waals surface area (Å²) in [5, 5.41) is 13.6. The fraction of sp³-hybridized carbons (Fsp3) is 0.346. The lowest BCUT2D eigenvalue weighted by Crippen LogP contribution is -2.42. The molecule has 1 aliphatic heterocycles. The number of rotatable bonds is 4. The zero-order valence-electron chi connectivity index (χ0n) is 20.9. The third-order valence-electron chi connectivity index (χ3n) is 6.05. The molecule has 1 atom stereocenters. The first kappa shape index (κ1) is 27.5. The summed E-state index contributed by atoms with van der Waals surface area (Å²) in [5.74, 6) is -2.30. The number of likely N-dealkylation sites (N-methyl/N-ethyl adjacent to an activating group) is 1. The van der Waals surface area contributed by atoms with Crippen LogP contribution in [0.3, 0.4) is 0 Å². The van der Waals surface area contributed by atoms with Gasteiger partial charge in [-0.25, -0.2) is 0 Å². The Balaban J connectivity index is 1.86. The highest BCUT2D eigenvalue weighted by Crippen LogP contribution is 2.41. The number of esters is 1. The summed E-state index contributed by atoms with van der Waals surface area (Å²) >= 11 is 3.39. The van der Waals surface area contributed by atoms with Gasteiger partial charge in [-0.1, -0.05) is 28.1 Å². The molecule has 0 saturated carbocycles. The predicted molar refractivity (Wildman–Crippen MR) is 139 cm³/mol. The number of aromatic hydroxyl groups is 1. The van der Waals surface area contributed by atoms with Crippen LogP contribution in [0, 0.1) is 0 Å². The quantitative estimate of drug-likeness (QED) is 0.428. The standard InChI is InChI=1S/C26H25BrF3N3O5/c1-25(2,3)38-19(34)11-31-23(36)20-22(35)16-9-15(27)10-17-21(16)33(24(20)37)18(12-32(17)4)13-5-7-14(8-6-13)26(28,29)30/h5-10,18,35H,11-12H2,1-4H3,(H,31,36). The van der Waals surface area contributed by atoms with Gasteiger partial charge in [0.25, 0.3) is 11.5 Å². The van der Waals surface area contributed by atoms with Crippen LogP contribution >= 0.6 is 15.9 Å². The minimum atomic E-state index is -4.52. The molecule has 0 fully saturated rings. The van der Waals surface area contributed by atoms with Crippen molar-refractivity contribution in [1.82, 2.24) is 9.88 Å². The van der Waals surface area contributed by atoms with Crippen molar-refractivity contribution >= 4 is 44.4 Å². The molecule has 4 rings (SSSR count). The lowest BCUT2D eigenvalue weighted by atomic mass is 9.98. The van der Waals surface area contributed by atoms with E-state index in [9.17, 15) is 32.7 Å². The van der Waals surface area contributed by atoms with Crippen molar-refractivity contribution in [2.45, 2.75) is 38.6 Å². The van der Waals surface area contributed by atoms with Gasteiger partial charge >= 0.3 is 12.1 Å². The van der Waals surface area contributed by atoms with Crippen LogP contribution in [0.5, 0.6) is 5.75 Å². The minimum Gasteiger partial charge on any atom is -0.506 e. The number of aromatic nitrogens is 1. The molecule has 1 aliphatic rings. The number of halogens is 4. The number of pyridine rings is 1. The highest BCUT2D eigenvalue weighted by Gasteiger charge is 2.34. The first-order chi connectivity index (χ1) is 17.6. The number of anilines is 1. The van der Waals surface area contributed by atoms with Gasteiger partial charge in [0, 0.05) is 23.5 Å². The Hall–Kier alpha value is -3.54. The van der Waals surface area contributed by atoms with Crippen LogP contribution in [-0.4, -0.2) is 47.3 Å². The van der Waals surface area contributed by atoms with E-state index >= 15 is 0 Å². The first-order valence-electron chi connectivity index (χ1n) is 11.6. The number of hydrogen-bond acceptors (Lipinski definition) is 6. The predicted octanol–water partition coefficient (Wildman–Crippen LogP) is 4.60. The number of carbonyl (C=O) groups excluding carboxylic acids is 2. The van der Waals surface area contributed by atoms with E-state index in [1.165, 1.54) is 22.8 Å². The number of amides is 1. The second-order valence-electron chi connectivity index (χ2n) is 10.0. The summed E-state index contributed by atoms with van der Waals surface area (Å²) in [5.41, 5.74) is -1.76. The van der Waals surface area contributed by atoms with Crippen molar-refractivity contribution in [1.29, 1.82) is 0 Å². The van der Waals surface area contributed by atoms with Crippen LogP contribution in [0.1, 0.15) is 48.3 Å². The number of nitrogens with one attached hydrogen (secondary N) is 1. The molecule has 1 amide bonds. The minimum absolute atomic E-state index is 0.180. The molecular formula is C26H25BrF3N3O5. The molecule has 0 aliphatic carbocycles. The van der Waals surface area contributed by atoms with Crippen LogP contribution in [-0.2, 0) is 15.7 Å². The zero-order valence-corrected chi connectivity index (χ0v) is 22.5. The first-order valence-corrected chi connectivity index (χ1v) is 12.4. The van der Waals surface area contributed by atoms with Crippen molar-refractivity contribution in [3.05, 3.63) is 67.9 Å². The number of nitrogens with zero attached hydrogens (tertiary/aromatic N) is 2. The monoisotopic (exact) mass is 595 g/mol. The van der Waals surface area contributed by atoms with Crippen LogP contribution < -0.4 is 15.8 Å². The summed E-state index contributed by atoms with van der Waals surface area (Å²) in [7, 11) is 1.75. The fourth-order valence-electron chi connectivity index (χ4n) is 4.48. The van der Waals surface area contributed by atoms with Crippen molar-refractivity contribution in [3.63, 3.8) is 0 Å². The van der Waals surface area contributed by atoms with Gasteiger partial charge in [-0.2, -0.15) is 13.2 Å². The second-order valence-corrected chi connectivity index (χ2v) is 10.9. The molecule has 12 heteroatoms. The summed E-state index contributed by atoms with van der Waals surface area (Å²) in [6.07, 6.45) is -4.52. The van der Waals surface area contributed by atoms with Gasteiger partial charge in [0.15, 0.2) is 0 Å². The Kier molecular flexibility index (Phi) is 6.98. The molecule has 8 nitrogen and oxygen atoms in total. The Morgan fingerprint density at radius 2 is 1.79 bits per heavy atom. The van der Waals surface area contributed by atoms with Crippen molar-refractivity contribution < 1.29 is 32.6 Å². The van der Waals surface area contributed by atoms with Gasteiger partial charge in [0.1, 0.15) is 23.5 Å². The van der Waals surface area contributed by atoms with Gasteiger partial charge in [0.05, 0.1) is 22.8 Å². The second kappa shape index (κ2) is 9.64. The Morgan fingerprint density at radius 3 is 2.37 bits per heavy atom. The SMILES string of the molecule is CN1CC(c2ccc(C(F)(F)F)cc2)n2c(=O)c(C(=O)NCC(=O)OC(C)(C)C)c(O)c3cc(Br)cc1c32. The molecule has 0 bridgehead atoms. The molecule has 38 heavy (non-hydrogen) atoms. The number of benzene rings is 2. The highest BCUT2D eigenvalue weighted by atomic mass is 79.9. The molecule has 202 valence electrons. The smallest absolute Gasteiger partial charge is 0.416 e. The highest BCUT2D eigenvalue weighted by molar-refractivity contribution is 9.10. The summed E-state index contributed by atoms with van der Waals surface area (Å²) < 4.78 is 46.5. The Morgan fingerprint density at radius 1 is 1.16 bits per heavy atom. The molecule has 0 radical (unpaired) electrons. The van der Waals surface area contributed by atoms with E-state index in [-0.39, 0.29) is 11.9 Å². The van der Waals surface area contributed by atoms with E-state index in [1.54, 1.807) is 33.9 Å². The average molecular weight is 596 g/mol. The number of ether oxygens (including phenoxy) is 1. The largest absolute Gasteiger partial charge is 0.506 e. The lowest BCUT2D eigenvalue weighted by Gasteiger charge is -2.36. The van der Waals surface area contributed by atoms with Gasteiger partial charge < -0.3 is 20.1 Å². The van der Waals surface area contributed by atoms with Gasteiger partial charge in [-0.05, 0) is 50.6 Å². The average Bonchev–Trinajstić information content (AvgIpc) is 2.80. The van der Waals surface area contributed by atoms with Gasteiger partial charge in [0.2, 0.25) is 0 Å². The number of carbonyl (C=O) groups is 2. The maximum Gasteiger partial charge on any atom is 0.416 e.